The van der Waals surface area contributed by atoms with Crippen LogP contribution in [0.15, 0.2) is 4.79 Å². The molecule has 0 saturated carbocycles. The van der Waals surface area contributed by atoms with Gasteiger partial charge in [-0.1, -0.05) is 0 Å². The smallest absolute Gasteiger partial charge is 0.373 e. The zero-order chi connectivity index (χ0) is 12.8. The van der Waals surface area contributed by atoms with Gasteiger partial charge in [0.2, 0.25) is 5.82 Å². The van der Waals surface area contributed by atoms with Gasteiger partial charge in [0.15, 0.2) is 5.65 Å². The van der Waals surface area contributed by atoms with Gasteiger partial charge in [0, 0.05) is 14.1 Å². The molecule has 2 aromatic rings. The molecular weight excluding hydrogens is 239 g/mol. The van der Waals surface area contributed by atoms with Crippen LogP contribution in [0.4, 0.5) is 19.0 Å². The van der Waals surface area contributed by atoms with Crippen molar-refractivity contribution in [1.29, 1.82) is 0 Å². The largest absolute Gasteiger partial charge is 0.449 e. The van der Waals surface area contributed by atoms with Gasteiger partial charge in [-0.3, -0.25) is 4.79 Å². The fourth-order valence-corrected chi connectivity index (χ4v) is 1.52. The fourth-order valence-electron chi connectivity index (χ4n) is 1.52. The molecule has 0 aliphatic carbocycles. The molecule has 17 heavy (non-hydrogen) atoms. The predicted molar refractivity (Wildman–Crippen MR) is 53.7 cm³/mol. The molecule has 0 aliphatic heterocycles. The fraction of sp³-hybridized carbons (Fsp3) is 0.375. The van der Waals surface area contributed by atoms with Crippen molar-refractivity contribution in [3.63, 3.8) is 0 Å². The van der Waals surface area contributed by atoms with Crippen molar-refractivity contribution in [1.82, 2.24) is 19.7 Å². The summed E-state index contributed by atoms with van der Waals surface area (Å²) in [5.41, 5.74) is -1.12. The summed E-state index contributed by atoms with van der Waals surface area (Å²) in [4.78, 5) is 16.5. The molecule has 2 N–H and O–H groups in total. The molecule has 9 heteroatoms. The van der Waals surface area contributed by atoms with E-state index in [1.807, 2.05) is 0 Å². The zero-order valence-electron chi connectivity index (χ0n) is 8.88. The lowest BCUT2D eigenvalue weighted by atomic mass is 10.4. The predicted octanol–water partition coefficient (Wildman–Crippen LogP) is 0.717. The van der Waals surface area contributed by atoms with Gasteiger partial charge in [0.25, 0.3) is 5.56 Å². The van der Waals surface area contributed by atoms with Gasteiger partial charge in [0.05, 0.1) is 0 Å². The van der Waals surface area contributed by atoms with Crippen LogP contribution in [-0.4, -0.2) is 26.8 Å². The van der Waals surface area contributed by atoms with Crippen molar-refractivity contribution < 1.29 is 13.2 Å². The number of fused-ring (bicyclic) bond motifs is 1. The lowest BCUT2D eigenvalue weighted by Crippen LogP contribution is -2.19. The molecule has 0 radical (unpaired) electrons. The molecule has 0 atom stereocenters. The Bertz CT molecular complexity index is 626. The SMILES string of the molecule is CNc1c2c(=O)[nH]c(C(F)(F)F)nc2nn1C. The summed E-state index contributed by atoms with van der Waals surface area (Å²) in [6.45, 7) is 0. The molecule has 0 unspecified atom stereocenters. The Hall–Kier alpha value is -2.06. The number of anilines is 1. The summed E-state index contributed by atoms with van der Waals surface area (Å²) in [6.07, 6.45) is -4.70. The average molecular weight is 247 g/mol. The van der Waals surface area contributed by atoms with Crippen molar-refractivity contribution in [2.24, 2.45) is 7.05 Å². The van der Waals surface area contributed by atoms with Gasteiger partial charge in [-0.25, -0.2) is 9.67 Å². The first-order valence-corrected chi connectivity index (χ1v) is 4.56. The molecule has 2 rings (SSSR count). The lowest BCUT2D eigenvalue weighted by Gasteiger charge is -2.04. The molecule has 0 aliphatic rings. The van der Waals surface area contributed by atoms with Crippen LogP contribution in [0.1, 0.15) is 5.82 Å². The third-order valence-corrected chi connectivity index (χ3v) is 2.21. The highest BCUT2D eigenvalue weighted by Gasteiger charge is 2.35. The van der Waals surface area contributed by atoms with Crippen molar-refractivity contribution in [3.8, 4) is 0 Å². The van der Waals surface area contributed by atoms with E-state index < -0.39 is 17.6 Å². The number of hydrogen-bond donors (Lipinski definition) is 2. The Morgan fingerprint density at radius 3 is 2.59 bits per heavy atom. The number of aromatic amines is 1. The maximum atomic E-state index is 12.4. The second-order valence-electron chi connectivity index (χ2n) is 3.33. The lowest BCUT2D eigenvalue weighted by molar-refractivity contribution is -0.144. The van der Waals surface area contributed by atoms with Crippen LogP contribution >= 0.6 is 0 Å². The van der Waals surface area contributed by atoms with E-state index >= 15 is 0 Å². The van der Waals surface area contributed by atoms with E-state index in [0.717, 1.165) is 0 Å². The summed E-state index contributed by atoms with van der Waals surface area (Å²) in [5.74, 6) is -1.04. The molecule has 0 saturated heterocycles. The van der Waals surface area contributed by atoms with Crippen LogP contribution in [-0.2, 0) is 13.2 Å². The van der Waals surface area contributed by atoms with E-state index in [-0.39, 0.29) is 11.0 Å². The standard InChI is InChI=1S/C8H8F3N5O/c1-12-5-3-4(15-16(5)2)13-7(8(9,10)11)14-6(3)17/h12H,1-2H3,(H,13,14,15,17). The molecular formula is C8H8F3N5O. The Morgan fingerprint density at radius 1 is 1.41 bits per heavy atom. The van der Waals surface area contributed by atoms with E-state index in [1.54, 1.807) is 4.98 Å². The number of nitrogens with one attached hydrogen (secondary N) is 2. The van der Waals surface area contributed by atoms with Gasteiger partial charge in [-0.15, -0.1) is 0 Å². The molecule has 0 amide bonds. The summed E-state index contributed by atoms with van der Waals surface area (Å²) in [7, 11) is 3.04. The zero-order valence-corrected chi connectivity index (χ0v) is 8.88. The van der Waals surface area contributed by atoms with Crippen LogP contribution in [0.3, 0.4) is 0 Å². The number of rotatable bonds is 1. The minimum absolute atomic E-state index is 0.00278. The van der Waals surface area contributed by atoms with Crippen molar-refractivity contribution in [2.75, 3.05) is 12.4 Å². The molecule has 0 fully saturated rings. The first-order chi connectivity index (χ1) is 7.84. The highest BCUT2D eigenvalue weighted by Crippen LogP contribution is 2.26. The maximum Gasteiger partial charge on any atom is 0.449 e. The Kier molecular flexibility index (Phi) is 2.33. The second-order valence-corrected chi connectivity index (χ2v) is 3.33. The number of nitrogens with zero attached hydrogens (tertiary/aromatic N) is 3. The number of H-pyrrole nitrogens is 1. The maximum absolute atomic E-state index is 12.4. The average Bonchev–Trinajstić information content (AvgIpc) is 2.52. The number of halogens is 3. The summed E-state index contributed by atoms with van der Waals surface area (Å²) < 4.78 is 38.5. The quantitative estimate of drug-likeness (QED) is 0.778. The van der Waals surface area contributed by atoms with Crippen molar-refractivity contribution >= 4 is 16.9 Å². The van der Waals surface area contributed by atoms with Crippen LogP contribution < -0.4 is 10.9 Å². The first kappa shape index (κ1) is 11.4. The van der Waals surface area contributed by atoms with E-state index in [0.29, 0.717) is 5.82 Å². The second kappa shape index (κ2) is 3.47. The number of aromatic nitrogens is 4. The third-order valence-electron chi connectivity index (χ3n) is 2.21. The van der Waals surface area contributed by atoms with Crippen LogP contribution in [0.25, 0.3) is 11.0 Å². The number of aryl methyl sites for hydroxylation is 1. The Labute approximate surface area is 92.5 Å². The van der Waals surface area contributed by atoms with Gasteiger partial charge >= 0.3 is 6.18 Å². The minimum atomic E-state index is -4.70. The Balaban J connectivity index is 2.82. The van der Waals surface area contributed by atoms with Gasteiger partial charge in [-0.05, 0) is 0 Å². The summed E-state index contributed by atoms with van der Waals surface area (Å²) in [6, 6.07) is 0. The molecule has 92 valence electrons. The van der Waals surface area contributed by atoms with E-state index in [9.17, 15) is 18.0 Å². The van der Waals surface area contributed by atoms with Crippen LogP contribution in [0.2, 0.25) is 0 Å². The topological polar surface area (TPSA) is 75.6 Å². The minimum Gasteiger partial charge on any atom is -0.373 e. The van der Waals surface area contributed by atoms with Gasteiger partial charge in [0.1, 0.15) is 11.2 Å². The normalized spacial score (nSPS) is 12.1. The first-order valence-electron chi connectivity index (χ1n) is 4.56. The molecule has 0 spiro atoms. The van der Waals surface area contributed by atoms with E-state index in [2.05, 4.69) is 15.4 Å². The van der Waals surface area contributed by atoms with E-state index in [4.69, 9.17) is 0 Å². The van der Waals surface area contributed by atoms with Gasteiger partial charge in [-0.2, -0.15) is 18.3 Å². The molecule has 0 aromatic carbocycles. The van der Waals surface area contributed by atoms with Gasteiger partial charge < -0.3 is 10.3 Å². The molecule has 6 nitrogen and oxygen atoms in total. The highest BCUT2D eigenvalue weighted by atomic mass is 19.4. The Morgan fingerprint density at radius 2 is 2.06 bits per heavy atom. The van der Waals surface area contributed by atoms with Crippen LogP contribution in [0, 0.1) is 0 Å². The highest BCUT2D eigenvalue weighted by molar-refractivity contribution is 5.86. The number of hydrogen-bond acceptors (Lipinski definition) is 4. The molecule has 2 aromatic heterocycles. The third kappa shape index (κ3) is 1.73. The van der Waals surface area contributed by atoms with Crippen molar-refractivity contribution in [3.05, 3.63) is 16.2 Å². The molecule has 2 heterocycles. The van der Waals surface area contributed by atoms with Crippen molar-refractivity contribution in [2.45, 2.75) is 6.18 Å². The summed E-state index contributed by atoms with van der Waals surface area (Å²) >= 11 is 0. The van der Waals surface area contributed by atoms with Crippen LogP contribution in [0.5, 0.6) is 0 Å². The number of alkyl halides is 3. The van der Waals surface area contributed by atoms with E-state index in [1.165, 1.54) is 18.8 Å². The monoisotopic (exact) mass is 247 g/mol. The summed E-state index contributed by atoms with van der Waals surface area (Å²) in [5, 5.41) is 6.42. The molecule has 0 bridgehead atoms.